The van der Waals surface area contributed by atoms with Crippen molar-refractivity contribution in [2.45, 2.75) is 44.9 Å². The number of nitrogens with zero attached hydrogens (tertiary/aromatic N) is 3. The average Bonchev–Trinajstić information content (AvgIpc) is 2.90. The van der Waals surface area contributed by atoms with E-state index in [1.54, 1.807) is 19.1 Å². The molecule has 1 aliphatic rings. The van der Waals surface area contributed by atoms with Crippen molar-refractivity contribution in [3.63, 3.8) is 0 Å². The van der Waals surface area contributed by atoms with Gasteiger partial charge in [0.1, 0.15) is 12.2 Å². The lowest BCUT2D eigenvalue weighted by atomic mass is 10.0. The van der Waals surface area contributed by atoms with Crippen LogP contribution in [0.15, 0.2) is 29.2 Å². The molecule has 0 bridgehead atoms. The number of halogens is 1. The Labute approximate surface area is 154 Å². The monoisotopic (exact) mass is 377 g/mol. The number of aliphatic hydroxyl groups excluding tert-OH is 2. The van der Waals surface area contributed by atoms with Crippen LogP contribution in [0.1, 0.15) is 33.7 Å². The molecule has 2 aromatic heterocycles. The molecule has 1 saturated heterocycles. The molecule has 3 rings (SSSR count). The van der Waals surface area contributed by atoms with Crippen LogP contribution in [0.2, 0.25) is 0 Å². The van der Waals surface area contributed by atoms with E-state index in [0.29, 0.717) is 11.3 Å². The first-order chi connectivity index (χ1) is 12.8. The Hall–Kier alpha value is -2.49. The van der Waals surface area contributed by atoms with E-state index in [0.717, 1.165) is 10.3 Å². The maximum atomic E-state index is 14.2. The summed E-state index contributed by atoms with van der Waals surface area (Å²) >= 11 is 0. The highest BCUT2D eigenvalue weighted by molar-refractivity contribution is 5.98. The molecule has 9 heteroatoms. The molecule has 2 aromatic rings. The molecular formula is C18H20FN3O5. The van der Waals surface area contributed by atoms with Crippen molar-refractivity contribution >= 4 is 5.78 Å². The third-order valence-electron chi connectivity index (χ3n) is 4.50. The van der Waals surface area contributed by atoms with Gasteiger partial charge in [0.15, 0.2) is 18.2 Å². The van der Waals surface area contributed by atoms with Crippen LogP contribution in [0.5, 0.6) is 0 Å². The van der Waals surface area contributed by atoms with Crippen LogP contribution in [0.4, 0.5) is 4.39 Å². The summed E-state index contributed by atoms with van der Waals surface area (Å²) < 4.78 is 20.2. The molecule has 4 atom stereocenters. The Morgan fingerprint density at radius 1 is 1.30 bits per heavy atom. The predicted molar refractivity (Wildman–Crippen MR) is 92.1 cm³/mol. The first-order valence-electron chi connectivity index (χ1n) is 8.45. The fourth-order valence-electron chi connectivity index (χ4n) is 3.06. The summed E-state index contributed by atoms with van der Waals surface area (Å²) in [6.07, 6.45) is -4.75. The zero-order valence-electron chi connectivity index (χ0n) is 14.9. The van der Waals surface area contributed by atoms with Gasteiger partial charge in [-0.3, -0.25) is 14.3 Å². The maximum Gasteiger partial charge on any atom is 0.350 e. The molecule has 27 heavy (non-hydrogen) atoms. The van der Waals surface area contributed by atoms with Crippen molar-refractivity contribution in [1.29, 1.82) is 0 Å². The Morgan fingerprint density at radius 3 is 2.63 bits per heavy atom. The van der Waals surface area contributed by atoms with Gasteiger partial charge in [0.25, 0.3) is 0 Å². The second kappa shape index (κ2) is 7.63. The standard InChI is InChI=1S/C18H20FN3O5/c1-9-3-4-12(10(2)20-9)13(24)7-11-5-6-22(18(26)21-11)17-15(19)16(25)14(8-23)27-17/h3-6,14-17,23,25H,7-8H2,1-2H3/t14-,15-,16-,17-/m1/s1. The molecule has 0 aromatic carbocycles. The molecule has 0 aliphatic carbocycles. The summed E-state index contributed by atoms with van der Waals surface area (Å²) in [6.45, 7) is 2.98. The molecule has 1 aliphatic heterocycles. The predicted octanol–water partition coefficient (Wildman–Crippen LogP) is 0.269. The largest absolute Gasteiger partial charge is 0.394 e. The Kier molecular flexibility index (Phi) is 5.45. The number of pyridine rings is 1. The van der Waals surface area contributed by atoms with E-state index in [2.05, 4.69) is 9.97 Å². The van der Waals surface area contributed by atoms with Gasteiger partial charge in [-0.05, 0) is 32.0 Å². The minimum absolute atomic E-state index is 0.103. The smallest absolute Gasteiger partial charge is 0.350 e. The topological polar surface area (TPSA) is 115 Å². The zero-order valence-corrected chi connectivity index (χ0v) is 14.9. The van der Waals surface area contributed by atoms with Gasteiger partial charge >= 0.3 is 5.69 Å². The number of ether oxygens (including phenoxy) is 1. The van der Waals surface area contributed by atoms with Crippen LogP contribution >= 0.6 is 0 Å². The molecule has 3 heterocycles. The summed E-state index contributed by atoms with van der Waals surface area (Å²) in [6, 6.07) is 4.83. The number of carbonyl (C=O) groups excluding carboxylic acids is 1. The minimum Gasteiger partial charge on any atom is -0.394 e. The number of alkyl halides is 1. The number of hydrogen-bond acceptors (Lipinski definition) is 7. The third-order valence-corrected chi connectivity index (χ3v) is 4.50. The van der Waals surface area contributed by atoms with Gasteiger partial charge in [0, 0.05) is 23.1 Å². The van der Waals surface area contributed by atoms with Gasteiger partial charge in [-0.25, -0.2) is 9.18 Å². The first kappa shape index (κ1) is 19.3. The van der Waals surface area contributed by atoms with Crippen molar-refractivity contribution < 1.29 is 24.1 Å². The normalized spacial score (nSPS) is 24.9. The number of aromatic nitrogens is 3. The Bertz CT molecular complexity index is 916. The van der Waals surface area contributed by atoms with Crippen molar-refractivity contribution in [2.24, 2.45) is 0 Å². The Balaban J connectivity index is 1.79. The van der Waals surface area contributed by atoms with Crippen molar-refractivity contribution in [1.82, 2.24) is 14.5 Å². The highest BCUT2D eigenvalue weighted by Crippen LogP contribution is 2.30. The molecule has 144 valence electrons. The quantitative estimate of drug-likeness (QED) is 0.719. The molecule has 0 amide bonds. The van der Waals surface area contributed by atoms with E-state index in [1.807, 2.05) is 6.92 Å². The third kappa shape index (κ3) is 3.80. The highest BCUT2D eigenvalue weighted by Gasteiger charge is 2.45. The number of ketones is 1. The van der Waals surface area contributed by atoms with Crippen molar-refractivity contribution in [2.75, 3.05) is 6.61 Å². The molecule has 2 N–H and O–H groups in total. The second-order valence-corrected chi connectivity index (χ2v) is 6.48. The number of Topliss-reactive ketones (excluding diaryl/α,β-unsaturated/α-hetero) is 1. The van der Waals surface area contributed by atoms with E-state index in [1.165, 1.54) is 12.3 Å². The number of rotatable bonds is 5. The van der Waals surface area contributed by atoms with E-state index in [-0.39, 0.29) is 17.9 Å². The molecular weight excluding hydrogens is 357 g/mol. The lowest BCUT2D eigenvalue weighted by Crippen LogP contribution is -2.33. The second-order valence-electron chi connectivity index (χ2n) is 6.48. The van der Waals surface area contributed by atoms with Crippen LogP contribution in [0.25, 0.3) is 0 Å². The minimum atomic E-state index is -1.88. The zero-order chi connectivity index (χ0) is 19.7. The van der Waals surface area contributed by atoms with E-state index < -0.39 is 36.9 Å². The van der Waals surface area contributed by atoms with Gasteiger partial charge in [-0.2, -0.15) is 4.98 Å². The summed E-state index contributed by atoms with van der Waals surface area (Å²) in [7, 11) is 0. The molecule has 0 spiro atoms. The van der Waals surface area contributed by atoms with Crippen molar-refractivity contribution in [3.8, 4) is 0 Å². The summed E-state index contributed by atoms with van der Waals surface area (Å²) in [5.74, 6) is -0.235. The van der Waals surface area contributed by atoms with Crippen LogP contribution in [0, 0.1) is 13.8 Å². The van der Waals surface area contributed by atoms with E-state index in [9.17, 15) is 19.1 Å². The first-order valence-corrected chi connectivity index (χ1v) is 8.45. The fourth-order valence-corrected chi connectivity index (χ4v) is 3.06. The number of aryl methyl sites for hydroxylation is 2. The molecule has 0 unspecified atom stereocenters. The van der Waals surface area contributed by atoms with Crippen LogP contribution in [0.3, 0.4) is 0 Å². The van der Waals surface area contributed by atoms with Crippen LogP contribution in [-0.4, -0.2) is 55.5 Å². The van der Waals surface area contributed by atoms with Gasteiger partial charge in [-0.1, -0.05) is 0 Å². The summed E-state index contributed by atoms with van der Waals surface area (Å²) in [4.78, 5) is 32.7. The molecule has 0 saturated carbocycles. The van der Waals surface area contributed by atoms with Crippen LogP contribution < -0.4 is 5.69 Å². The van der Waals surface area contributed by atoms with E-state index in [4.69, 9.17) is 9.84 Å². The lowest BCUT2D eigenvalue weighted by Gasteiger charge is -2.16. The fraction of sp³-hybridized carbons (Fsp3) is 0.444. The number of aliphatic hydroxyl groups is 2. The number of hydrogen-bond donors (Lipinski definition) is 2. The summed E-state index contributed by atoms with van der Waals surface area (Å²) in [5.41, 5.74) is 1.26. The molecule has 8 nitrogen and oxygen atoms in total. The molecule has 0 radical (unpaired) electrons. The number of carbonyl (C=O) groups is 1. The average molecular weight is 377 g/mol. The van der Waals surface area contributed by atoms with Crippen LogP contribution in [-0.2, 0) is 11.2 Å². The maximum absolute atomic E-state index is 14.2. The SMILES string of the molecule is Cc1ccc(C(=O)Cc2ccn([C@@H]3O[C@H](CO)[C@@H](O)[C@H]3F)c(=O)n2)c(C)n1. The van der Waals surface area contributed by atoms with Crippen molar-refractivity contribution in [3.05, 3.63) is 57.5 Å². The van der Waals surface area contributed by atoms with Gasteiger partial charge < -0.3 is 14.9 Å². The van der Waals surface area contributed by atoms with E-state index >= 15 is 0 Å². The lowest BCUT2D eigenvalue weighted by molar-refractivity contribution is -0.0491. The molecule has 1 fully saturated rings. The van der Waals surface area contributed by atoms with Gasteiger partial charge in [0.2, 0.25) is 0 Å². The van der Waals surface area contributed by atoms with Gasteiger partial charge in [0.05, 0.1) is 18.7 Å². The Morgan fingerprint density at radius 2 is 2.04 bits per heavy atom. The van der Waals surface area contributed by atoms with Gasteiger partial charge in [-0.15, -0.1) is 0 Å². The summed E-state index contributed by atoms with van der Waals surface area (Å²) in [5, 5.41) is 18.8. The highest BCUT2D eigenvalue weighted by atomic mass is 19.1.